The third kappa shape index (κ3) is 8.86. The van der Waals surface area contributed by atoms with Crippen molar-refractivity contribution in [2.45, 2.75) is 141 Å². The number of ether oxygens (including phenoxy) is 5. The molecule has 13 atom stereocenters. The van der Waals surface area contributed by atoms with Crippen molar-refractivity contribution in [2.24, 2.45) is 17.8 Å². The van der Waals surface area contributed by atoms with Crippen LogP contribution in [0.4, 0.5) is 9.18 Å². The summed E-state index contributed by atoms with van der Waals surface area (Å²) < 4.78 is 47.4. The molecule has 1 amide bonds. The molecule has 3 saturated heterocycles. The molecule has 0 aliphatic carbocycles. The van der Waals surface area contributed by atoms with Crippen LogP contribution in [-0.4, -0.2) is 131 Å². The second-order valence-electron chi connectivity index (χ2n) is 17.2. The first-order valence-corrected chi connectivity index (χ1v) is 20.4. The van der Waals surface area contributed by atoms with Crippen LogP contribution in [0.3, 0.4) is 0 Å². The number of benzene rings is 1. The third-order valence-electron chi connectivity index (χ3n) is 12.6. The van der Waals surface area contributed by atoms with E-state index in [1.807, 2.05) is 68.4 Å². The molecule has 4 heterocycles. The second kappa shape index (κ2) is 17.8. The normalized spacial score (nSPS) is 38.2. The van der Waals surface area contributed by atoms with Crippen molar-refractivity contribution in [3.05, 3.63) is 48.2 Å². The highest BCUT2D eigenvalue weighted by atomic mass is 19.1. The van der Waals surface area contributed by atoms with Crippen molar-refractivity contribution in [3.8, 4) is 0 Å². The number of rotatable bonds is 9. The van der Waals surface area contributed by atoms with E-state index in [9.17, 15) is 24.3 Å². The molecule has 0 bridgehead atoms. The summed E-state index contributed by atoms with van der Waals surface area (Å²) in [4.78, 5) is 64.5. The zero-order chi connectivity index (χ0) is 42.9. The van der Waals surface area contributed by atoms with Crippen LogP contribution < -0.4 is 0 Å². The monoisotopic (exact) mass is 811 g/mol. The first-order chi connectivity index (χ1) is 27.2. The molecular formula is C44H62FN3O10. The molecule has 1 aromatic heterocycles. The van der Waals surface area contributed by atoms with Crippen LogP contribution in [0.15, 0.2) is 42.6 Å². The summed E-state index contributed by atoms with van der Waals surface area (Å²) in [6, 6.07) is 8.49. The Morgan fingerprint density at radius 2 is 1.76 bits per heavy atom. The SMILES string of the molecule is CC[C@H]1OC(=O)[C@@](C)(F)C(=O)[C@H](C)[C@@H](O[C@@H]2O[C@H](C)C[C@H](N(C)C)[C@H]2O)[C@](C)(OC)C[C@@H](C)C(=O)[C@H](C)[C@H]2N(CC/C=C/c3cnc4ccccc4c3)C(=O)O[C@]12C. The molecule has 1 aromatic carbocycles. The van der Waals surface area contributed by atoms with Crippen molar-refractivity contribution < 1.29 is 52.4 Å². The fourth-order valence-electron chi connectivity index (χ4n) is 9.32. The zero-order valence-electron chi connectivity index (χ0n) is 35.8. The Labute approximate surface area is 341 Å². The summed E-state index contributed by atoms with van der Waals surface area (Å²) in [5.41, 5.74) is -4.48. The summed E-state index contributed by atoms with van der Waals surface area (Å²) in [6.45, 7) is 12.7. The first-order valence-electron chi connectivity index (χ1n) is 20.4. The van der Waals surface area contributed by atoms with Gasteiger partial charge in [0.25, 0.3) is 5.67 Å². The summed E-state index contributed by atoms with van der Waals surface area (Å²) in [5, 5.41) is 12.4. The average Bonchev–Trinajstić information content (AvgIpc) is 3.45. The van der Waals surface area contributed by atoms with Gasteiger partial charge >= 0.3 is 12.1 Å². The molecule has 2 aromatic rings. The van der Waals surface area contributed by atoms with Crippen LogP contribution in [0.2, 0.25) is 0 Å². The maximum absolute atomic E-state index is 16.9. The smallest absolute Gasteiger partial charge is 0.410 e. The number of hydrogen-bond donors (Lipinski definition) is 1. The van der Waals surface area contributed by atoms with E-state index >= 15 is 4.39 Å². The van der Waals surface area contributed by atoms with Crippen LogP contribution in [0.1, 0.15) is 86.6 Å². The Balaban J connectivity index is 1.51. The van der Waals surface area contributed by atoms with Gasteiger partial charge in [-0.25, -0.2) is 14.0 Å². The van der Waals surface area contributed by atoms with Gasteiger partial charge in [-0.1, -0.05) is 58.0 Å². The van der Waals surface area contributed by atoms with Gasteiger partial charge in [0.2, 0.25) is 0 Å². The number of nitrogens with zero attached hydrogens (tertiary/aromatic N) is 3. The quantitative estimate of drug-likeness (QED) is 0.236. The van der Waals surface area contributed by atoms with Crippen LogP contribution in [0.5, 0.6) is 0 Å². The third-order valence-corrected chi connectivity index (χ3v) is 12.6. The molecule has 5 rings (SSSR count). The molecule has 3 aliphatic rings. The van der Waals surface area contributed by atoms with Crippen molar-refractivity contribution >= 4 is 40.6 Å². The minimum Gasteiger partial charge on any atom is -0.455 e. The lowest BCUT2D eigenvalue weighted by Crippen LogP contribution is -2.61. The molecule has 58 heavy (non-hydrogen) atoms. The number of para-hydroxylation sites is 1. The predicted octanol–water partition coefficient (Wildman–Crippen LogP) is 5.93. The van der Waals surface area contributed by atoms with Gasteiger partial charge in [-0.15, -0.1) is 0 Å². The van der Waals surface area contributed by atoms with Gasteiger partial charge in [0.05, 0.1) is 29.4 Å². The van der Waals surface area contributed by atoms with Gasteiger partial charge in [0.1, 0.15) is 18.0 Å². The van der Waals surface area contributed by atoms with Gasteiger partial charge in [0, 0.05) is 49.0 Å². The number of ketones is 2. The molecule has 3 fully saturated rings. The highest BCUT2D eigenvalue weighted by molar-refractivity contribution is 6.08. The molecule has 0 radical (unpaired) electrons. The molecule has 14 heteroatoms. The largest absolute Gasteiger partial charge is 0.455 e. The van der Waals surface area contributed by atoms with Crippen LogP contribution >= 0.6 is 0 Å². The predicted molar refractivity (Wildman–Crippen MR) is 215 cm³/mol. The fourth-order valence-corrected chi connectivity index (χ4v) is 9.32. The van der Waals surface area contributed by atoms with Gasteiger partial charge in [0.15, 0.2) is 17.7 Å². The van der Waals surface area contributed by atoms with E-state index in [0.717, 1.165) is 23.4 Å². The lowest BCUT2D eigenvalue weighted by Gasteiger charge is -2.47. The maximum atomic E-state index is 16.9. The number of fused-ring (bicyclic) bond motifs is 2. The Kier molecular flexibility index (Phi) is 13.9. The Morgan fingerprint density at radius 1 is 1.07 bits per heavy atom. The number of aliphatic hydroxyl groups is 1. The van der Waals surface area contributed by atoms with E-state index in [0.29, 0.717) is 12.8 Å². The lowest BCUT2D eigenvalue weighted by atomic mass is 9.73. The number of aliphatic hydroxyl groups excluding tert-OH is 1. The van der Waals surface area contributed by atoms with Crippen molar-refractivity contribution in [2.75, 3.05) is 27.7 Å². The van der Waals surface area contributed by atoms with Crippen molar-refractivity contribution in [1.29, 1.82) is 0 Å². The Morgan fingerprint density at radius 3 is 2.41 bits per heavy atom. The topological polar surface area (TPSA) is 154 Å². The molecule has 13 nitrogen and oxygen atoms in total. The summed E-state index contributed by atoms with van der Waals surface area (Å²) in [5.74, 6) is -5.81. The van der Waals surface area contributed by atoms with Crippen LogP contribution in [-0.2, 0) is 38.1 Å². The van der Waals surface area contributed by atoms with Crippen molar-refractivity contribution in [3.63, 3.8) is 0 Å². The van der Waals surface area contributed by atoms with E-state index in [4.69, 9.17) is 23.7 Å². The number of esters is 1. The first kappa shape index (κ1) is 45.3. The number of aromatic nitrogens is 1. The van der Waals surface area contributed by atoms with Gasteiger partial charge in [-0.05, 0) is 85.2 Å². The maximum Gasteiger partial charge on any atom is 0.410 e. The molecule has 0 unspecified atom stereocenters. The minimum absolute atomic E-state index is 0.00411. The van der Waals surface area contributed by atoms with E-state index in [2.05, 4.69) is 4.98 Å². The number of alkyl halides is 1. The number of carbonyl (C=O) groups excluding carboxylic acids is 4. The number of amides is 1. The lowest BCUT2D eigenvalue weighted by molar-refractivity contribution is -0.295. The van der Waals surface area contributed by atoms with Crippen LogP contribution in [0.25, 0.3) is 17.0 Å². The number of pyridine rings is 1. The van der Waals surface area contributed by atoms with E-state index in [1.54, 1.807) is 40.8 Å². The van der Waals surface area contributed by atoms with Gasteiger partial charge < -0.3 is 38.6 Å². The summed E-state index contributed by atoms with van der Waals surface area (Å²) in [7, 11) is 5.05. The number of carbonyl (C=O) groups is 4. The van der Waals surface area contributed by atoms with E-state index in [1.165, 1.54) is 18.9 Å². The molecule has 1 N–H and O–H groups in total. The summed E-state index contributed by atoms with van der Waals surface area (Å²) >= 11 is 0. The second-order valence-corrected chi connectivity index (χ2v) is 17.2. The summed E-state index contributed by atoms with van der Waals surface area (Å²) in [6.07, 6.45) is 0.563. The number of Topliss-reactive ketones (excluding diaryl/α,β-unsaturated/α-hetero) is 2. The Bertz CT molecular complexity index is 1860. The minimum atomic E-state index is -3.18. The average molecular weight is 812 g/mol. The highest BCUT2D eigenvalue weighted by Crippen LogP contribution is 2.43. The number of likely N-dealkylation sites (N-methyl/N-ethyl adjacent to an activating group) is 1. The van der Waals surface area contributed by atoms with Gasteiger partial charge in [-0.2, -0.15) is 0 Å². The van der Waals surface area contributed by atoms with Crippen molar-refractivity contribution in [1.82, 2.24) is 14.8 Å². The number of halogens is 1. The number of hydrogen-bond acceptors (Lipinski definition) is 12. The number of methoxy groups -OCH3 is 1. The van der Waals surface area contributed by atoms with E-state index in [-0.39, 0.29) is 37.3 Å². The molecule has 0 saturated carbocycles. The standard InChI is InChI=1S/C44H62FN3O10/c1-12-33-44(8)36(48(41(53)58-44)20-16-15-17-29-22-30-18-13-14-19-31(30)46-24-29)27(4)34(49)25(2)23-42(6,54-11)38(28(5)37(51)43(7,45)40(52)56-33)57-39-35(50)32(47(9)10)21-26(3)55-39/h13-15,17-19,22,24-28,32-33,35-36,38-39,50H,12,16,20-21,23H2,1-11H3/b17-15+/t25-,26-,27+,28+,32+,33-,35-,36-,38-,39+,42-,43+,44-/m1/s1. The molecule has 3 aliphatic heterocycles. The Hall–Kier alpha value is -3.82. The highest BCUT2D eigenvalue weighted by Gasteiger charge is 2.61. The van der Waals surface area contributed by atoms with Crippen LogP contribution in [0, 0.1) is 17.8 Å². The number of cyclic esters (lactones) is 1. The molecule has 0 spiro atoms. The van der Waals surface area contributed by atoms with E-state index < -0.39 is 83.1 Å². The van der Waals surface area contributed by atoms with Gasteiger partial charge in [-0.3, -0.25) is 14.6 Å². The molecule has 320 valence electrons. The zero-order valence-corrected chi connectivity index (χ0v) is 35.8. The molecular weight excluding hydrogens is 749 g/mol. The fraction of sp³-hybridized carbons (Fsp3) is 0.659.